The summed E-state index contributed by atoms with van der Waals surface area (Å²) in [6.07, 6.45) is 3.96. The van der Waals surface area contributed by atoms with Gasteiger partial charge < -0.3 is 5.11 Å². The summed E-state index contributed by atoms with van der Waals surface area (Å²) in [7, 11) is 0. The number of rotatable bonds is 1. The Balaban J connectivity index is 2.29. The molecule has 2 rings (SSSR count). The molecule has 0 unspecified atom stereocenters. The average Bonchev–Trinajstić information content (AvgIpc) is 2.43. The first-order valence-electron chi connectivity index (χ1n) is 4.02. The number of carboxylic acid groups (broad SMARTS) is 1. The molecule has 2 aliphatic rings. The number of halogens is 1. The zero-order valence-corrected chi connectivity index (χ0v) is 7.80. The molecule has 3 heteroatoms. The van der Waals surface area contributed by atoms with Gasteiger partial charge in [-0.1, -0.05) is 15.9 Å². The minimum atomic E-state index is -0.598. The Kier molecular flexibility index (Phi) is 1.53. The summed E-state index contributed by atoms with van der Waals surface area (Å²) in [6, 6.07) is 0. The third kappa shape index (κ3) is 0.866. The van der Waals surface area contributed by atoms with Crippen molar-refractivity contribution >= 4 is 21.9 Å². The standard InChI is InChI=1S/C8H11BrO2/c9-6-3-5-1-2-8(6,4-5)7(10)11/h5-6H,1-4H2,(H,10,11)/t5-,6+,8+/m1/s1. The molecule has 2 aliphatic carbocycles. The van der Waals surface area contributed by atoms with E-state index >= 15 is 0 Å². The van der Waals surface area contributed by atoms with Crippen LogP contribution in [0.1, 0.15) is 25.7 Å². The first kappa shape index (κ1) is 7.59. The van der Waals surface area contributed by atoms with Crippen LogP contribution in [0.2, 0.25) is 0 Å². The van der Waals surface area contributed by atoms with E-state index < -0.39 is 11.4 Å². The highest BCUT2D eigenvalue weighted by atomic mass is 79.9. The third-order valence-corrected chi connectivity index (χ3v) is 4.47. The van der Waals surface area contributed by atoms with Crippen molar-refractivity contribution in [3.05, 3.63) is 0 Å². The van der Waals surface area contributed by atoms with Crippen molar-refractivity contribution in [2.24, 2.45) is 11.3 Å². The van der Waals surface area contributed by atoms with Gasteiger partial charge in [-0.2, -0.15) is 0 Å². The second kappa shape index (κ2) is 2.22. The summed E-state index contributed by atoms with van der Waals surface area (Å²) in [5, 5.41) is 9.03. The van der Waals surface area contributed by atoms with E-state index in [1.807, 2.05) is 0 Å². The van der Waals surface area contributed by atoms with Crippen LogP contribution < -0.4 is 0 Å². The molecule has 0 saturated heterocycles. The number of fused-ring (bicyclic) bond motifs is 2. The van der Waals surface area contributed by atoms with Crippen LogP contribution in [0.3, 0.4) is 0 Å². The summed E-state index contributed by atoms with van der Waals surface area (Å²) < 4.78 is 0. The predicted molar refractivity (Wildman–Crippen MR) is 44.7 cm³/mol. The monoisotopic (exact) mass is 218 g/mol. The van der Waals surface area contributed by atoms with Gasteiger partial charge in [0, 0.05) is 4.83 Å². The molecule has 0 aromatic heterocycles. The van der Waals surface area contributed by atoms with Crippen molar-refractivity contribution in [3.8, 4) is 0 Å². The van der Waals surface area contributed by atoms with Crippen LogP contribution in [0.5, 0.6) is 0 Å². The van der Waals surface area contributed by atoms with E-state index in [9.17, 15) is 4.79 Å². The summed E-state index contributed by atoms with van der Waals surface area (Å²) in [5.41, 5.74) is -0.398. The van der Waals surface area contributed by atoms with Crippen molar-refractivity contribution in [2.75, 3.05) is 0 Å². The fraction of sp³-hybridized carbons (Fsp3) is 0.875. The van der Waals surface area contributed by atoms with Crippen molar-refractivity contribution in [3.63, 3.8) is 0 Å². The van der Waals surface area contributed by atoms with Crippen molar-refractivity contribution in [1.82, 2.24) is 0 Å². The summed E-state index contributed by atoms with van der Waals surface area (Å²) in [5.74, 6) is 0.0786. The van der Waals surface area contributed by atoms with Crippen LogP contribution in [0.25, 0.3) is 0 Å². The fourth-order valence-electron chi connectivity index (χ4n) is 2.51. The molecule has 2 fully saturated rings. The van der Waals surface area contributed by atoms with Gasteiger partial charge in [0.1, 0.15) is 0 Å². The summed E-state index contributed by atoms with van der Waals surface area (Å²) in [4.78, 5) is 11.2. The highest BCUT2D eigenvalue weighted by Gasteiger charge is 2.56. The SMILES string of the molecule is O=C(O)[C@]12CC[C@H](C[C@@H]1Br)C2. The van der Waals surface area contributed by atoms with Gasteiger partial charge in [0.15, 0.2) is 0 Å². The molecular formula is C8H11BrO2. The zero-order chi connectivity index (χ0) is 8.06. The smallest absolute Gasteiger partial charge is 0.310 e. The molecular weight excluding hydrogens is 208 g/mol. The molecule has 0 amide bonds. The van der Waals surface area contributed by atoms with Gasteiger partial charge in [0.2, 0.25) is 0 Å². The fourth-order valence-corrected chi connectivity index (χ4v) is 3.65. The first-order chi connectivity index (χ1) is 5.15. The average molecular weight is 219 g/mol. The second-order valence-corrected chi connectivity index (χ2v) is 4.88. The van der Waals surface area contributed by atoms with Gasteiger partial charge in [-0.3, -0.25) is 4.79 Å². The van der Waals surface area contributed by atoms with Gasteiger partial charge in [0.05, 0.1) is 5.41 Å². The normalized spacial score (nSPS) is 48.1. The molecule has 0 aromatic carbocycles. The number of carboxylic acids is 1. The molecule has 2 bridgehead atoms. The quantitative estimate of drug-likeness (QED) is 0.685. The molecule has 0 aromatic rings. The molecule has 2 saturated carbocycles. The molecule has 11 heavy (non-hydrogen) atoms. The topological polar surface area (TPSA) is 37.3 Å². The highest BCUT2D eigenvalue weighted by molar-refractivity contribution is 9.09. The molecule has 1 N–H and O–H groups in total. The molecule has 0 radical (unpaired) electrons. The van der Waals surface area contributed by atoms with E-state index in [1.54, 1.807) is 0 Å². The third-order valence-electron chi connectivity index (χ3n) is 3.22. The minimum Gasteiger partial charge on any atom is -0.481 e. The van der Waals surface area contributed by atoms with Crippen molar-refractivity contribution < 1.29 is 9.90 Å². The zero-order valence-electron chi connectivity index (χ0n) is 6.22. The maximum atomic E-state index is 11.0. The summed E-state index contributed by atoms with van der Waals surface area (Å²) in [6.45, 7) is 0. The van der Waals surface area contributed by atoms with Crippen molar-refractivity contribution in [1.29, 1.82) is 0 Å². The van der Waals surface area contributed by atoms with Crippen LogP contribution in [-0.2, 0) is 4.79 Å². The van der Waals surface area contributed by atoms with Crippen LogP contribution in [0, 0.1) is 11.3 Å². The number of aliphatic carboxylic acids is 1. The number of alkyl halides is 1. The Morgan fingerprint density at radius 2 is 2.36 bits per heavy atom. The molecule has 0 heterocycles. The predicted octanol–water partition coefficient (Wildman–Crippen LogP) is 2.02. The van der Waals surface area contributed by atoms with Crippen LogP contribution in [0.4, 0.5) is 0 Å². The van der Waals surface area contributed by atoms with Gasteiger partial charge in [-0.15, -0.1) is 0 Å². The van der Waals surface area contributed by atoms with Crippen LogP contribution in [0.15, 0.2) is 0 Å². The number of carbonyl (C=O) groups is 1. The Hall–Kier alpha value is -0.0500. The van der Waals surface area contributed by atoms with E-state index in [0.29, 0.717) is 5.92 Å². The van der Waals surface area contributed by atoms with Gasteiger partial charge in [-0.25, -0.2) is 0 Å². The first-order valence-corrected chi connectivity index (χ1v) is 4.94. The van der Waals surface area contributed by atoms with Crippen LogP contribution in [-0.4, -0.2) is 15.9 Å². The lowest BCUT2D eigenvalue weighted by atomic mass is 9.84. The molecule has 0 spiro atoms. The van der Waals surface area contributed by atoms with E-state index in [0.717, 1.165) is 25.7 Å². The van der Waals surface area contributed by atoms with E-state index in [4.69, 9.17) is 5.11 Å². The van der Waals surface area contributed by atoms with Gasteiger partial charge >= 0.3 is 5.97 Å². The maximum Gasteiger partial charge on any atom is 0.310 e. The van der Waals surface area contributed by atoms with Crippen LogP contribution >= 0.6 is 15.9 Å². The van der Waals surface area contributed by atoms with E-state index in [2.05, 4.69) is 15.9 Å². The lowest BCUT2D eigenvalue weighted by Gasteiger charge is -2.26. The molecule has 2 nitrogen and oxygen atoms in total. The summed E-state index contributed by atoms with van der Waals surface area (Å²) >= 11 is 3.47. The molecule has 0 aliphatic heterocycles. The lowest BCUT2D eigenvalue weighted by Crippen LogP contribution is -2.34. The minimum absolute atomic E-state index is 0.228. The van der Waals surface area contributed by atoms with E-state index in [-0.39, 0.29) is 4.83 Å². The largest absolute Gasteiger partial charge is 0.481 e. The van der Waals surface area contributed by atoms with E-state index in [1.165, 1.54) is 0 Å². The van der Waals surface area contributed by atoms with Crippen molar-refractivity contribution in [2.45, 2.75) is 30.5 Å². The van der Waals surface area contributed by atoms with Gasteiger partial charge in [0.25, 0.3) is 0 Å². The Bertz CT molecular complexity index is 204. The second-order valence-electron chi connectivity index (χ2n) is 3.77. The molecule has 62 valence electrons. The number of hydrogen-bond acceptors (Lipinski definition) is 1. The maximum absolute atomic E-state index is 11.0. The number of hydrogen-bond donors (Lipinski definition) is 1. The molecule has 3 atom stereocenters. The Morgan fingerprint density at radius 3 is 2.64 bits per heavy atom. The Morgan fingerprint density at radius 1 is 1.64 bits per heavy atom. The van der Waals surface area contributed by atoms with Gasteiger partial charge in [-0.05, 0) is 31.6 Å². The Labute approximate surface area is 74.1 Å². The highest BCUT2D eigenvalue weighted by Crippen LogP contribution is 2.56. The lowest BCUT2D eigenvalue weighted by molar-refractivity contribution is -0.147.